The predicted molar refractivity (Wildman–Crippen MR) is 65.6 cm³/mol. The quantitative estimate of drug-likeness (QED) is 0.754. The molecule has 18 heavy (non-hydrogen) atoms. The molecule has 0 atom stereocenters. The van der Waals surface area contributed by atoms with E-state index in [0.717, 1.165) is 11.6 Å². The van der Waals surface area contributed by atoms with Crippen LogP contribution in [0, 0.1) is 11.6 Å². The van der Waals surface area contributed by atoms with Crippen LogP contribution in [0.1, 0.15) is 28.4 Å². The molecule has 0 aliphatic rings. The van der Waals surface area contributed by atoms with Crippen LogP contribution in [0.25, 0.3) is 0 Å². The zero-order valence-corrected chi connectivity index (χ0v) is 9.91. The molecule has 0 fully saturated rings. The topological polar surface area (TPSA) is 17.1 Å². The van der Waals surface area contributed by atoms with E-state index in [9.17, 15) is 13.6 Å². The maximum Gasteiger partial charge on any atom is 0.196 e. The highest BCUT2D eigenvalue weighted by molar-refractivity contribution is 6.10. The van der Waals surface area contributed by atoms with E-state index in [0.29, 0.717) is 12.0 Å². The zero-order valence-electron chi connectivity index (χ0n) is 9.91. The Morgan fingerprint density at radius 3 is 2.39 bits per heavy atom. The lowest BCUT2D eigenvalue weighted by molar-refractivity contribution is 0.103. The third-order valence-electron chi connectivity index (χ3n) is 2.84. The summed E-state index contributed by atoms with van der Waals surface area (Å²) in [6.07, 6.45) is 0.666. The van der Waals surface area contributed by atoms with E-state index in [-0.39, 0.29) is 5.56 Å². The molecule has 0 aromatic heterocycles. The first-order valence-corrected chi connectivity index (χ1v) is 5.71. The van der Waals surface area contributed by atoms with E-state index < -0.39 is 17.4 Å². The Balaban J connectivity index is 2.52. The van der Waals surface area contributed by atoms with E-state index in [1.807, 2.05) is 19.1 Å². The number of carbonyl (C=O) groups excluding carboxylic acids is 1. The van der Waals surface area contributed by atoms with Gasteiger partial charge < -0.3 is 0 Å². The van der Waals surface area contributed by atoms with Crippen molar-refractivity contribution in [1.82, 2.24) is 0 Å². The van der Waals surface area contributed by atoms with Crippen molar-refractivity contribution >= 4 is 5.78 Å². The van der Waals surface area contributed by atoms with Crippen LogP contribution in [0.3, 0.4) is 0 Å². The van der Waals surface area contributed by atoms with Gasteiger partial charge in [-0.2, -0.15) is 0 Å². The minimum Gasteiger partial charge on any atom is -0.288 e. The molecule has 2 rings (SSSR count). The van der Waals surface area contributed by atoms with Crippen LogP contribution in [0.15, 0.2) is 42.5 Å². The number of hydrogen-bond donors (Lipinski definition) is 0. The van der Waals surface area contributed by atoms with Crippen molar-refractivity contribution < 1.29 is 13.6 Å². The molecule has 0 heterocycles. The van der Waals surface area contributed by atoms with Crippen LogP contribution in [-0.4, -0.2) is 5.78 Å². The van der Waals surface area contributed by atoms with Gasteiger partial charge in [-0.1, -0.05) is 37.3 Å². The second-order valence-corrected chi connectivity index (χ2v) is 3.94. The SMILES string of the molecule is CCc1ccccc1C(=O)c1cccc(F)c1F. The fourth-order valence-corrected chi connectivity index (χ4v) is 1.87. The summed E-state index contributed by atoms with van der Waals surface area (Å²) >= 11 is 0. The Morgan fingerprint density at radius 2 is 1.67 bits per heavy atom. The Hall–Kier alpha value is -2.03. The van der Waals surface area contributed by atoms with Gasteiger partial charge in [-0.3, -0.25) is 4.79 Å². The normalized spacial score (nSPS) is 10.4. The smallest absolute Gasteiger partial charge is 0.196 e. The number of hydrogen-bond acceptors (Lipinski definition) is 1. The summed E-state index contributed by atoms with van der Waals surface area (Å²) in [5, 5.41) is 0. The Morgan fingerprint density at radius 1 is 1.00 bits per heavy atom. The van der Waals surface area contributed by atoms with E-state index in [1.165, 1.54) is 12.1 Å². The maximum atomic E-state index is 13.6. The van der Waals surface area contributed by atoms with Crippen LogP contribution < -0.4 is 0 Å². The molecular weight excluding hydrogens is 234 g/mol. The number of aryl methyl sites for hydroxylation is 1. The van der Waals surface area contributed by atoms with E-state index >= 15 is 0 Å². The number of halogens is 2. The standard InChI is InChI=1S/C15H12F2O/c1-2-10-6-3-4-7-11(10)15(18)12-8-5-9-13(16)14(12)17/h3-9H,2H2,1H3. The van der Waals surface area contributed by atoms with E-state index in [1.54, 1.807) is 12.1 Å². The van der Waals surface area contributed by atoms with Gasteiger partial charge in [-0.25, -0.2) is 8.78 Å². The van der Waals surface area contributed by atoms with Gasteiger partial charge in [0.25, 0.3) is 0 Å². The predicted octanol–water partition coefficient (Wildman–Crippen LogP) is 3.76. The van der Waals surface area contributed by atoms with Gasteiger partial charge in [0.05, 0.1) is 5.56 Å². The third-order valence-corrected chi connectivity index (χ3v) is 2.84. The molecule has 1 nitrogen and oxygen atoms in total. The molecule has 2 aromatic carbocycles. The Bertz CT molecular complexity index is 591. The average Bonchev–Trinajstić information content (AvgIpc) is 2.41. The van der Waals surface area contributed by atoms with Crippen molar-refractivity contribution in [1.29, 1.82) is 0 Å². The molecule has 0 N–H and O–H groups in total. The third kappa shape index (κ3) is 2.16. The van der Waals surface area contributed by atoms with Crippen molar-refractivity contribution in [3.8, 4) is 0 Å². The highest BCUT2D eigenvalue weighted by Crippen LogP contribution is 2.19. The van der Waals surface area contributed by atoms with Crippen LogP contribution in [-0.2, 0) is 6.42 Å². The second kappa shape index (κ2) is 5.08. The molecule has 0 amide bonds. The largest absolute Gasteiger partial charge is 0.288 e. The summed E-state index contributed by atoms with van der Waals surface area (Å²) in [5.74, 6) is -2.58. The Kier molecular flexibility index (Phi) is 3.51. The molecule has 0 radical (unpaired) electrons. The van der Waals surface area contributed by atoms with Crippen molar-refractivity contribution in [2.45, 2.75) is 13.3 Å². The lowest BCUT2D eigenvalue weighted by atomic mass is 9.97. The first-order valence-electron chi connectivity index (χ1n) is 5.71. The highest BCUT2D eigenvalue weighted by Gasteiger charge is 2.18. The summed E-state index contributed by atoms with van der Waals surface area (Å²) in [7, 11) is 0. The molecule has 92 valence electrons. The number of ketones is 1. The average molecular weight is 246 g/mol. The van der Waals surface area contributed by atoms with Crippen LogP contribution in [0.5, 0.6) is 0 Å². The summed E-state index contributed by atoms with van der Waals surface area (Å²) in [5.41, 5.74) is 1.02. The van der Waals surface area contributed by atoms with E-state index in [2.05, 4.69) is 0 Å². The van der Waals surface area contributed by atoms with Crippen LogP contribution in [0.4, 0.5) is 8.78 Å². The van der Waals surface area contributed by atoms with Gasteiger partial charge in [-0.15, -0.1) is 0 Å². The minimum atomic E-state index is -1.09. The van der Waals surface area contributed by atoms with E-state index in [4.69, 9.17) is 0 Å². The van der Waals surface area contributed by atoms with Gasteiger partial charge >= 0.3 is 0 Å². The zero-order chi connectivity index (χ0) is 13.1. The number of carbonyl (C=O) groups is 1. The fourth-order valence-electron chi connectivity index (χ4n) is 1.87. The minimum absolute atomic E-state index is 0.226. The number of benzene rings is 2. The summed E-state index contributed by atoms with van der Waals surface area (Å²) in [6.45, 7) is 1.91. The van der Waals surface area contributed by atoms with Gasteiger partial charge in [0.15, 0.2) is 17.4 Å². The highest BCUT2D eigenvalue weighted by atomic mass is 19.2. The summed E-state index contributed by atoms with van der Waals surface area (Å²) in [4.78, 5) is 12.2. The van der Waals surface area contributed by atoms with Gasteiger partial charge in [0, 0.05) is 5.56 Å². The molecule has 0 bridgehead atoms. The first kappa shape index (κ1) is 12.4. The maximum absolute atomic E-state index is 13.6. The van der Waals surface area contributed by atoms with Crippen molar-refractivity contribution in [3.63, 3.8) is 0 Å². The van der Waals surface area contributed by atoms with Crippen molar-refractivity contribution in [3.05, 3.63) is 70.8 Å². The van der Waals surface area contributed by atoms with Gasteiger partial charge in [0.2, 0.25) is 0 Å². The molecule has 0 saturated carbocycles. The van der Waals surface area contributed by atoms with Gasteiger partial charge in [-0.05, 0) is 24.1 Å². The molecule has 3 heteroatoms. The second-order valence-electron chi connectivity index (χ2n) is 3.94. The first-order chi connectivity index (χ1) is 8.65. The lowest BCUT2D eigenvalue weighted by Gasteiger charge is -2.07. The molecule has 2 aromatic rings. The van der Waals surface area contributed by atoms with Gasteiger partial charge in [0.1, 0.15) is 0 Å². The number of rotatable bonds is 3. The van der Waals surface area contributed by atoms with Crippen molar-refractivity contribution in [2.75, 3.05) is 0 Å². The summed E-state index contributed by atoms with van der Waals surface area (Å²) < 4.78 is 26.7. The van der Waals surface area contributed by atoms with Crippen molar-refractivity contribution in [2.24, 2.45) is 0 Å². The summed E-state index contributed by atoms with van der Waals surface area (Å²) in [6, 6.07) is 10.6. The molecule has 0 spiro atoms. The monoisotopic (exact) mass is 246 g/mol. The van der Waals surface area contributed by atoms with Crippen LogP contribution >= 0.6 is 0 Å². The molecule has 0 aliphatic heterocycles. The van der Waals surface area contributed by atoms with Crippen LogP contribution in [0.2, 0.25) is 0 Å². The lowest BCUT2D eigenvalue weighted by Crippen LogP contribution is -2.08. The molecular formula is C15H12F2O. The Labute approximate surface area is 104 Å². The molecule has 0 saturated heterocycles. The fraction of sp³-hybridized carbons (Fsp3) is 0.133. The molecule has 0 aliphatic carbocycles. The molecule has 0 unspecified atom stereocenters.